The van der Waals surface area contributed by atoms with Crippen molar-refractivity contribution in [3.8, 4) is 0 Å². The second-order valence-electron chi connectivity index (χ2n) is 3.14. The lowest BCUT2D eigenvalue weighted by molar-refractivity contribution is 0.272. The van der Waals surface area contributed by atoms with E-state index in [0.717, 1.165) is 6.54 Å². The standard InChI is InChI=1S/C7H16N2.C2H6.H2/c1-6(2)9-4-3-7(8)5-9;1-2;/h6-7H,3-5,8H2,1-2H3;1-2H3;1H. The highest BCUT2D eigenvalue weighted by Gasteiger charge is 2.20. The van der Waals surface area contributed by atoms with Crippen LogP contribution in [0.5, 0.6) is 0 Å². The van der Waals surface area contributed by atoms with Crippen LogP contribution in [-0.4, -0.2) is 30.1 Å². The van der Waals surface area contributed by atoms with E-state index >= 15 is 0 Å². The van der Waals surface area contributed by atoms with E-state index in [-0.39, 0.29) is 1.43 Å². The molecule has 0 amide bonds. The van der Waals surface area contributed by atoms with Gasteiger partial charge in [0.05, 0.1) is 0 Å². The molecule has 0 aromatic carbocycles. The molecule has 0 aromatic heterocycles. The van der Waals surface area contributed by atoms with Crippen molar-refractivity contribution in [2.45, 2.75) is 46.2 Å². The largest absolute Gasteiger partial charge is 0.326 e. The lowest BCUT2D eigenvalue weighted by atomic mass is 10.3. The Morgan fingerprint density at radius 2 is 2.00 bits per heavy atom. The molecule has 1 unspecified atom stereocenters. The number of nitrogens with two attached hydrogens (primary N) is 1. The van der Waals surface area contributed by atoms with Crippen molar-refractivity contribution in [1.82, 2.24) is 4.90 Å². The number of hydrogen-bond acceptors (Lipinski definition) is 2. The van der Waals surface area contributed by atoms with Crippen molar-refractivity contribution >= 4 is 0 Å². The molecule has 1 atom stereocenters. The van der Waals surface area contributed by atoms with Gasteiger partial charge < -0.3 is 5.73 Å². The molecule has 0 aliphatic carbocycles. The van der Waals surface area contributed by atoms with Gasteiger partial charge in [0.1, 0.15) is 0 Å². The van der Waals surface area contributed by atoms with Crippen LogP contribution in [0.25, 0.3) is 0 Å². The molecule has 2 nitrogen and oxygen atoms in total. The molecule has 0 aromatic rings. The molecule has 2 N–H and O–H groups in total. The topological polar surface area (TPSA) is 29.3 Å². The average molecular weight is 160 g/mol. The molecule has 1 aliphatic rings. The van der Waals surface area contributed by atoms with Gasteiger partial charge in [0.15, 0.2) is 0 Å². The van der Waals surface area contributed by atoms with E-state index in [1.807, 2.05) is 13.8 Å². The average Bonchev–Trinajstić information content (AvgIpc) is 2.40. The predicted octanol–water partition coefficient (Wildman–Crippen LogP) is 1.70. The van der Waals surface area contributed by atoms with Crippen LogP contribution in [0.2, 0.25) is 0 Å². The summed E-state index contributed by atoms with van der Waals surface area (Å²) in [5.74, 6) is 0. The normalized spacial score (nSPS) is 25.1. The summed E-state index contributed by atoms with van der Waals surface area (Å²) in [7, 11) is 0. The van der Waals surface area contributed by atoms with E-state index in [0.29, 0.717) is 12.1 Å². The summed E-state index contributed by atoms with van der Waals surface area (Å²) < 4.78 is 0. The zero-order valence-corrected chi connectivity index (χ0v) is 8.30. The lowest BCUT2D eigenvalue weighted by Crippen LogP contribution is -2.31. The van der Waals surface area contributed by atoms with Gasteiger partial charge in [-0.1, -0.05) is 13.8 Å². The highest BCUT2D eigenvalue weighted by atomic mass is 15.2. The maximum atomic E-state index is 5.72. The smallest absolute Gasteiger partial charge is 0.0180 e. The second-order valence-corrected chi connectivity index (χ2v) is 3.14. The molecular weight excluding hydrogens is 136 g/mol. The van der Waals surface area contributed by atoms with Crippen molar-refractivity contribution in [2.75, 3.05) is 13.1 Å². The number of likely N-dealkylation sites (tertiary alicyclic amines) is 1. The van der Waals surface area contributed by atoms with E-state index in [1.165, 1.54) is 13.0 Å². The van der Waals surface area contributed by atoms with Crippen LogP contribution >= 0.6 is 0 Å². The summed E-state index contributed by atoms with van der Waals surface area (Å²) in [6.45, 7) is 10.7. The molecule has 11 heavy (non-hydrogen) atoms. The molecule has 1 fully saturated rings. The van der Waals surface area contributed by atoms with E-state index in [2.05, 4.69) is 18.7 Å². The third-order valence-electron chi connectivity index (χ3n) is 1.99. The minimum Gasteiger partial charge on any atom is -0.326 e. The number of rotatable bonds is 1. The van der Waals surface area contributed by atoms with Crippen molar-refractivity contribution < 1.29 is 1.43 Å². The first-order valence-corrected chi connectivity index (χ1v) is 4.70. The molecule has 2 heteroatoms. The fraction of sp³-hybridized carbons (Fsp3) is 1.00. The Kier molecular flexibility index (Phi) is 5.51. The van der Waals surface area contributed by atoms with Crippen LogP contribution in [0.4, 0.5) is 0 Å². The van der Waals surface area contributed by atoms with E-state index < -0.39 is 0 Å². The second kappa shape index (κ2) is 5.56. The Balaban J connectivity index is 0. The van der Waals surface area contributed by atoms with Crippen LogP contribution in [0.1, 0.15) is 35.5 Å². The lowest BCUT2D eigenvalue weighted by Gasteiger charge is -2.19. The maximum Gasteiger partial charge on any atom is 0.0180 e. The van der Waals surface area contributed by atoms with Gasteiger partial charge in [-0.2, -0.15) is 0 Å². The Hall–Kier alpha value is -0.0800. The fourth-order valence-corrected chi connectivity index (χ4v) is 1.28. The van der Waals surface area contributed by atoms with Crippen LogP contribution < -0.4 is 5.73 Å². The third-order valence-corrected chi connectivity index (χ3v) is 1.99. The van der Waals surface area contributed by atoms with Crippen LogP contribution in [-0.2, 0) is 0 Å². The van der Waals surface area contributed by atoms with Crippen molar-refractivity contribution in [3.05, 3.63) is 0 Å². The molecule has 0 saturated carbocycles. The van der Waals surface area contributed by atoms with Gasteiger partial charge in [0.25, 0.3) is 0 Å². The minimum absolute atomic E-state index is 0. The number of nitrogens with zero attached hydrogens (tertiary/aromatic N) is 1. The SMILES string of the molecule is CC.CC(C)N1CCC(N)C1.[HH]. The van der Waals surface area contributed by atoms with E-state index in [9.17, 15) is 0 Å². The predicted molar refractivity (Wildman–Crippen MR) is 52.8 cm³/mol. The van der Waals surface area contributed by atoms with Crippen LogP contribution in [0.3, 0.4) is 0 Å². The molecular formula is C9H24N2. The van der Waals surface area contributed by atoms with Gasteiger partial charge in [-0.3, -0.25) is 4.90 Å². The molecule has 1 heterocycles. The Morgan fingerprint density at radius 1 is 1.45 bits per heavy atom. The molecule has 0 bridgehead atoms. The van der Waals surface area contributed by atoms with Crippen LogP contribution in [0.15, 0.2) is 0 Å². The fourth-order valence-electron chi connectivity index (χ4n) is 1.28. The highest BCUT2D eigenvalue weighted by molar-refractivity contribution is 4.79. The molecule has 1 saturated heterocycles. The first-order chi connectivity index (χ1) is 5.20. The molecule has 1 aliphatic heterocycles. The molecule has 70 valence electrons. The Morgan fingerprint density at radius 3 is 2.18 bits per heavy atom. The molecule has 0 radical (unpaired) electrons. The number of hydrogen-bond donors (Lipinski definition) is 1. The van der Waals surface area contributed by atoms with E-state index in [4.69, 9.17) is 5.73 Å². The highest BCUT2D eigenvalue weighted by Crippen LogP contribution is 2.09. The van der Waals surface area contributed by atoms with Crippen LogP contribution in [0, 0.1) is 0 Å². The molecule has 0 spiro atoms. The summed E-state index contributed by atoms with van der Waals surface area (Å²) >= 11 is 0. The van der Waals surface area contributed by atoms with Gasteiger partial charge in [-0.25, -0.2) is 0 Å². The van der Waals surface area contributed by atoms with Gasteiger partial charge in [0, 0.05) is 20.1 Å². The minimum atomic E-state index is 0. The molecule has 1 rings (SSSR count). The zero-order valence-electron chi connectivity index (χ0n) is 8.30. The first kappa shape index (κ1) is 10.9. The summed E-state index contributed by atoms with van der Waals surface area (Å²) in [6.07, 6.45) is 1.18. The zero-order chi connectivity index (χ0) is 8.85. The summed E-state index contributed by atoms with van der Waals surface area (Å²) in [4.78, 5) is 2.42. The monoisotopic (exact) mass is 160 g/mol. The first-order valence-electron chi connectivity index (χ1n) is 4.70. The maximum absolute atomic E-state index is 5.72. The Labute approximate surface area is 72.2 Å². The van der Waals surface area contributed by atoms with Gasteiger partial charge in [-0.05, 0) is 26.8 Å². The summed E-state index contributed by atoms with van der Waals surface area (Å²) in [5.41, 5.74) is 5.72. The van der Waals surface area contributed by atoms with Gasteiger partial charge >= 0.3 is 0 Å². The van der Waals surface area contributed by atoms with Crippen molar-refractivity contribution in [3.63, 3.8) is 0 Å². The van der Waals surface area contributed by atoms with Crippen molar-refractivity contribution in [1.29, 1.82) is 0 Å². The third kappa shape index (κ3) is 3.73. The van der Waals surface area contributed by atoms with E-state index in [1.54, 1.807) is 0 Å². The quantitative estimate of drug-likeness (QED) is 0.632. The summed E-state index contributed by atoms with van der Waals surface area (Å²) in [6, 6.07) is 1.12. The van der Waals surface area contributed by atoms with Gasteiger partial charge in [0.2, 0.25) is 0 Å². The Bertz CT molecular complexity index is 96.5. The summed E-state index contributed by atoms with van der Waals surface area (Å²) in [5, 5.41) is 0. The van der Waals surface area contributed by atoms with Crippen molar-refractivity contribution in [2.24, 2.45) is 5.73 Å². The van der Waals surface area contributed by atoms with Gasteiger partial charge in [-0.15, -0.1) is 0 Å².